The summed E-state index contributed by atoms with van der Waals surface area (Å²) in [7, 11) is 3.51. The van der Waals surface area contributed by atoms with Crippen LogP contribution in [-0.4, -0.2) is 45.6 Å². The smallest absolute Gasteiger partial charge is 0.131 e. The summed E-state index contributed by atoms with van der Waals surface area (Å²) in [5.41, 5.74) is 1.54. The van der Waals surface area contributed by atoms with Crippen molar-refractivity contribution in [2.75, 3.05) is 40.5 Å². The van der Waals surface area contributed by atoms with Crippen molar-refractivity contribution in [2.45, 2.75) is 31.8 Å². The lowest BCUT2D eigenvalue weighted by Gasteiger charge is -2.31. The van der Waals surface area contributed by atoms with Crippen LogP contribution in [-0.2, 0) is 15.1 Å². The van der Waals surface area contributed by atoms with Crippen LogP contribution in [0.2, 0.25) is 0 Å². The van der Waals surface area contributed by atoms with Crippen molar-refractivity contribution in [3.63, 3.8) is 0 Å². The fourth-order valence-corrected chi connectivity index (χ4v) is 3.37. The Morgan fingerprint density at radius 3 is 2.61 bits per heavy atom. The van der Waals surface area contributed by atoms with Gasteiger partial charge in [0.1, 0.15) is 11.4 Å². The highest BCUT2D eigenvalue weighted by Crippen LogP contribution is 2.37. The lowest BCUT2D eigenvalue weighted by molar-refractivity contribution is -0.0574. The number of ether oxygens (including phenoxy) is 2. The van der Waals surface area contributed by atoms with Crippen LogP contribution < -0.4 is 5.32 Å². The molecule has 0 amide bonds. The average molecular weight is 390 g/mol. The molecule has 0 aliphatic rings. The molecule has 28 heavy (non-hydrogen) atoms. The normalized spacial score (nSPS) is 13.5. The Labute approximate surface area is 167 Å². The minimum absolute atomic E-state index is 0.115. The monoisotopic (exact) mass is 389 g/mol. The topological polar surface area (TPSA) is 50.7 Å². The summed E-state index contributed by atoms with van der Waals surface area (Å²) in [6.45, 7) is 3.88. The quantitative estimate of drug-likeness (QED) is 0.538. The van der Waals surface area contributed by atoms with Gasteiger partial charge in [0.15, 0.2) is 0 Å². The van der Waals surface area contributed by atoms with Crippen molar-refractivity contribution in [1.29, 1.82) is 0 Å². The number of aliphatic hydroxyl groups is 1. The van der Waals surface area contributed by atoms with Crippen molar-refractivity contribution >= 4 is 0 Å². The maximum Gasteiger partial charge on any atom is 0.131 e. The van der Waals surface area contributed by atoms with Crippen LogP contribution in [0.15, 0.2) is 42.5 Å². The van der Waals surface area contributed by atoms with Gasteiger partial charge in [0.05, 0.1) is 13.2 Å². The van der Waals surface area contributed by atoms with Crippen LogP contribution in [0.4, 0.5) is 4.39 Å². The standard InChI is InChI=1S/C23H32FNO3/c1-18-8-6-9-19(16-18)22-20(10-7-11-21(22)24)23(26,12-4-5-14-27-3)17-28-15-13-25-2/h6-11,16,25-26H,4-5,12-15,17H2,1-3H3/t23-/m0/s1. The number of hydrogen-bond donors (Lipinski definition) is 2. The molecule has 0 saturated heterocycles. The van der Waals surface area contributed by atoms with E-state index in [9.17, 15) is 9.50 Å². The molecule has 154 valence electrons. The van der Waals surface area contributed by atoms with E-state index in [2.05, 4.69) is 5.32 Å². The second kappa shape index (κ2) is 11.3. The fraction of sp³-hybridized carbons (Fsp3) is 0.478. The van der Waals surface area contributed by atoms with Gasteiger partial charge in [-0.15, -0.1) is 0 Å². The first-order valence-electron chi connectivity index (χ1n) is 9.81. The Kier molecular flexibility index (Phi) is 9.06. The van der Waals surface area contributed by atoms with Crippen LogP contribution in [0.5, 0.6) is 0 Å². The maximum absolute atomic E-state index is 14.9. The van der Waals surface area contributed by atoms with Crippen molar-refractivity contribution in [3.8, 4) is 11.1 Å². The lowest BCUT2D eigenvalue weighted by Crippen LogP contribution is -2.34. The van der Waals surface area contributed by atoms with Gasteiger partial charge in [0.25, 0.3) is 0 Å². The van der Waals surface area contributed by atoms with Gasteiger partial charge in [0.2, 0.25) is 0 Å². The van der Waals surface area contributed by atoms with Crippen molar-refractivity contribution in [3.05, 3.63) is 59.4 Å². The molecule has 2 aromatic carbocycles. The molecule has 0 fully saturated rings. The van der Waals surface area contributed by atoms with Crippen molar-refractivity contribution in [2.24, 2.45) is 0 Å². The van der Waals surface area contributed by atoms with Gasteiger partial charge in [-0.05, 0) is 50.4 Å². The minimum Gasteiger partial charge on any atom is -0.385 e. The number of likely N-dealkylation sites (N-methyl/N-ethyl adjacent to an activating group) is 1. The zero-order valence-corrected chi connectivity index (χ0v) is 17.1. The van der Waals surface area contributed by atoms with E-state index in [1.165, 1.54) is 6.07 Å². The van der Waals surface area contributed by atoms with E-state index >= 15 is 0 Å². The molecule has 5 heteroatoms. The number of methoxy groups -OCH3 is 1. The van der Waals surface area contributed by atoms with E-state index in [4.69, 9.17) is 9.47 Å². The second-order valence-corrected chi connectivity index (χ2v) is 7.17. The molecule has 0 bridgehead atoms. The first-order chi connectivity index (χ1) is 13.5. The van der Waals surface area contributed by atoms with Crippen LogP contribution in [0.3, 0.4) is 0 Å². The number of rotatable bonds is 12. The van der Waals surface area contributed by atoms with E-state index in [1.807, 2.05) is 38.2 Å². The van der Waals surface area contributed by atoms with E-state index in [1.54, 1.807) is 19.2 Å². The molecule has 0 spiro atoms. The maximum atomic E-state index is 14.9. The zero-order valence-electron chi connectivity index (χ0n) is 17.1. The van der Waals surface area contributed by atoms with E-state index in [0.717, 1.165) is 24.0 Å². The molecular formula is C23H32FNO3. The number of halogens is 1. The Morgan fingerprint density at radius 1 is 1.11 bits per heavy atom. The molecule has 0 unspecified atom stereocenters. The molecule has 1 atom stereocenters. The van der Waals surface area contributed by atoms with Crippen molar-refractivity contribution in [1.82, 2.24) is 5.32 Å². The first kappa shape index (κ1) is 22.5. The molecular weight excluding hydrogens is 357 g/mol. The van der Waals surface area contributed by atoms with E-state index in [0.29, 0.717) is 37.3 Å². The Balaban J connectivity index is 2.39. The summed E-state index contributed by atoms with van der Waals surface area (Å²) >= 11 is 0. The molecule has 0 aromatic heterocycles. The van der Waals surface area contributed by atoms with Gasteiger partial charge in [0, 0.05) is 25.8 Å². The average Bonchev–Trinajstić information content (AvgIpc) is 2.68. The molecule has 4 nitrogen and oxygen atoms in total. The molecule has 0 aliphatic heterocycles. The van der Waals surface area contributed by atoms with Gasteiger partial charge in [-0.25, -0.2) is 4.39 Å². The highest BCUT2D eigenvalue weighted by atomic mass is 19.1. The van der Waals surface area contributed by atoms with Gasteiger partial charge in [-0.3, -0.25) is 0 Å². The predicted molar refractivity (Wildman–Crippen MR) is 111 cm³/mol. The van der Waals surface area contributed by atoms with Crippen LogP contribution in [0, 0.1) is 12.7 Å². The van der Waals surface area contributed by atoms with Gasteiger partial charge in [-0.1, -0.05) is 42.0 Å². The molecule has 2 aromatic rings. The molecule has 0 saturated carbocycles. The predicted octanol–water partition coefficient (Wildman–Crippen LogP) is 4.04. The first-order valence-corrected chi connectivity index (χ1v) is 9.81. The summed E-state index contributed by atoms with van der Waals surface area (Å²) in [6, 6.07) is 12.6. The highest BCUT2D eigenvalue weighted by molar-refractivity contribution is 5.70. The largest absolute Gasteiger partial charge is 0.385 e. The summed E-state index contributed by atoms with van der Waals surface area (Å²) in [6.07, 6.45) is 2.05. The van der Waals surface area contributed by atoms with Crippen LogP contribution >= 0.6 is 0 Å². The van der Waals surface area contributed by atoms with E-state index < -0.39 is 5.60 Å². The molecule has 0 aliphatic carbocycles. The van der Waals surface area contributed by atoms with Crippen molar-refractivity contribution < 1.29 is 19.0 Å². The Morgan fingerprint density at radius 2 is 1.89 bits per heavy atom. The number of aryl methyl sites for hydroxylation is 1. The molecule has 0 radical (unpaired) electrons. The summed E-state index contributed by atoms with van der Waals surface area (Å²) < 4.78 is 25.8. The third-order valence-corrected chi connectivity index (χ3v) is 4.85. The lowest BCUT2D eigenvalue weighted by atomic mass is 9.83. The number of hydrogen-bond acceptors (Lipinski definition) is 4. The number of unbranched alkanes of at least 4 members (excludes halogenated alkanes) is 1. The summed E-state index contributed by atoms with van der Waals surface area (Å²) in [5.74, 6) is -0.339. The number of benzene rings is 2. The zero-order chi connectivity index (χ0) is 20.4. The van der Waals surface area contributed by atoms with Gasteiger partial charge >= 0.3 is 0 Å². The Bertz CT molecular complexity index is 724. The van der Waals surface area contributed by atoms with Crippen LogP contribution in [0.1, 0.15) is 30.4 Å². The van der Waals surface area contributed by atoms with Gasteiger partial charge in [-0.2, -0.15) is 0 Å². The SMILES string of the molecule is CNCCOC[C@@](O)(CCCCOC)c1cccc(F)c1-c1cccc(C)c1. The van der Waals surface area contributed by atoms with Crippen LogP contribution in [0.25, 0.3) is 11.1 Å². The molecule has 0 heterocycles. The summed E-state index contributed by atoms with van der Waals surface area (Å²) in [5, 5.41) is 14.6. The highest BCUT2D eigenvalue weighted by Gasteiger charge is 2.33. The third kappa shape index (κ3) is 6.11. The third-order valence-electron chi connectivity index (χ3n) is 4.85. The minimum atomic E-state index is -1.28. The number of nitrogens with one attached hydrogen (secondary N) is 1. The second-order valence-electron chi connectivity index (χ2n) is 7.17. The molecule has 2 N–H and O–H groups in total. The van der Waals surface area contributed by atoms with Gasteiger partial charge < -0.3 is 19.9 Å². The Hall–Kier alpha value is -1.79. The fourth-order valence-electron chi connectivity index (χ4n) is 3.37. The van der Waals surface area contributed by atoms with E-state index in [-0.39, 0.29) is 12.4 Å². The summed E-state index contributed by atoms with van der Waals surface area (Å²) in [4.78, 5) is 0. The molecule has 2 rings (SSSR count).